The molecule has 0 bridgehead atoms. The summed E-state index contributed by atoms with van der Waals surface area (Å²) in [6.45, 7) is 2.61. The molecule has 1 aromatic carbocycles. The number of alkyl halides is 1. The van der Waals surface area contributed by atoms with Crippen molar-refractivity contribution < 1.29 is 4.39 Å². The number of rotatable bonds is 3. The summed E-state index contributed by atoms with van der Waals surface area (Å²) in [6.07, 6.45) is 3.58. The monoisotopic (exact) mass is 415 g/mol. The van der Waals surface area contributed by atoms with Crippen molar-refractivity contribution in [2.75, 3.05) is 0 Å². The Labute approximate surface area is 140 Å². The molecule has 0 aliphatic rings. The molecule has 3 rings (SSSR count). The van der Waals surface area contributed by atoms with E-state index in [0.29, 0.717) is 10.1 Å². The zero-order valence-corrected chi connectivity index (χ0v) is 14.2. The van der Waals surface area contributed by atoms with Gasteiger partial charge in [-0.1, -0.05) is 0 Å². The molecule has 2 aromatic heterocycles. The van der Waals surface area contributed by atoms with Crippen LogP contribution < -0.4 is 0 Å². The van der Waals surface area contributed by atoms with E-state index in [1.165, 1.54) is 6.07 Å². The van der Waals surface area contributed by atoms with E-state index in [2.05, 4.69) is 9.97 Å². The van der Waals surface area contributed by atoms with Gasteiger partial charge in [0, 0.05) is 18.5 Å². The zero-order chi connectivity index (χ0) is 15.0. The van der Waals surface area contributed by atoms with E-state index < -0.39 is 0 Å². The second-order valence-electron chi connectivity index (χ2n) is 4.80. The van der Waals surface area contributed by atoms with Crippen LogP contribution in [-0.2, 0) is 12.4 Å². The average Bonchev–Trinajstić information content (AvgIpc) is 2.79. The number of nitrogens with zero attached hydrogens (tertiary/aromatic N) is 3. The first-order valence-electron chi connectivity index (χ1n) is 6.39. The van der Waals surface area contributed by atoms with E-state index in [1.54, 1.807) is 12.3 Å². The molecule has 3 nitrogen and oxygen atoms in total. The van der Waals surface area contributed by atoms with Crippen LogP contribution in [0.15, 0.2) is 30.6 Å². The molecule has 0 aliphatic carbocycles. The molecule has 0 aliphatic heterocycles. The summed E-state index contributed by atoms with van der Waals surface area (Å²) >= 11 is 7.96. The summed E-state index contributed by atoms with van der Waals surface area (Å²) in [4.78, 5) is 8.65. The van der Waals surface area contributed by atoms with E-state index in [0.717, 1.165) is 28.0 Å². The molecule has 2 heterocycles. The van der Waals surface area contributed by atoms with E-state index in [-0.39, 0.29) is 11.7 Å². The summed E-state index contributed by atoms with van der Waals surface area (Å²) in [7, 11) is 0. The Morgan fingerprint density at radius 2 is 2.19 bits per heavy atom. The summed E-state index contributed by atoms with van der Waals surface area (Å²) in [6, 6.07) is 5.22. The first-order chi connectivity index (χ1) is 10.1. The highest BCUT2D eigenvalue weighted by Crippen LogP contribution is 2.24. The van der Waals surface area contributed by atoms with E-state index >= 15 is 0 Å². The maximum absolute atomic E-state index is 13.9. The minimum absolute atomic E-state index is 0.242. The van der Waals surface area contributed by atoms with Crippen LogP contribution in [-0.4, -0.2) is 14.5 Å². The lowest BCUT2D eigenvalue weighted by atomic mass is 10.1. The van der Waals surface area contributed by atoms with Crippen molar-refractivity contribution in [3.63, 3.8) is 0 Å². The molecule has 0 saturated carbocycles. The van der Waals surface area contributed by atoms with Crippen LogP contribution in [0.25, 0.3) is 11.0 Å². The van der Waals surface area contributed by atoms with Gasteiger partial charge in [-0.3, -0.25) is 4.98 Å². The zero-order valence-electron chi connectivity index (χ0n) is 11.3. The van der Waals surface area contributed by atoms with Gasteiger partial charge < -0.3 is 4.57 Å². The second-order valence-corrected chi connectivity index (χ2v) is 6.23. The predicted octanol–water partition coefficient (Wildman–Crippen LogP) is 4.27. The molecule has 108 valence electrons. The van der Waals surface area contributed by atoms with Gasteiger partial charge in [0.1, 0.15) is 11.6 Å². The maximum Gasteiger partial charge on any atom is 0.138 e. The summed E-state index contributed by atoms with van der Waals surface area (Å²) in [5.41, 5.74) is 3.73. The number of pyridine rings is 1. The van der Waals surface area contributed by atoms with Crippen molar-refractivity contribution in [2.24, 2.45) is 0 Å². The standard InChI is InChI=1S/C15H12ClFIN3/c1-9-2-3-19-7-10(9)8-21-14-4-11(17)12(18)5-13(14)20-15(21)6-16/h2-5,7H,6,8H2,1H3. The number of hydrogen-bond donors (Lipinski definition) is 0. The normalized spacial score (nSPS) is 11.2. The highest BCUT2D eigenvalue weighted by atomic mass is 127. The van der Waals surface area contributed by atoms with Crippen molar-refractivity contribution in [3.05, 3.63) is 56.9 Å². The number of fused-ring (bicyclic) bond motifs is 1. The highest BCUT2D eigenvalue weighted by molar-refractivity contribution is 14.1. The molecule has 0 amide bonds. The van der Waals surface area contributed by atoms with Crippen LogP contribution in [0.5, 0.6) is 0 Å². The molecular formula is C15H12ClFIN3. The predicted molar refractivity (Wildman–Crippen MR) is 90.0 cm³/mol. The molecule has 0 atom stereocenters. The fraction of sp³-hybridized carbons (Fsp3) is 0.200. The van der Waals surface area contributed by atoms with Crippen LogP contribution in [0.4, 0.5) is 4.39 Å². The summed E-state index contributed by atoms with van der Waals surface area (Å²) in [5, 5.41) is 0. The Bertz CT molecular complexity index is 816. The topological polar surface area (TPSA) is 30.7 Å². The Kier molecular flexibility index (Phi) is 4.12. The second kappa shape index (κ2) is 5.88. The third-order valence-corrected chi connectivity index (χ3v) is 4.53. The molecular weight excluding hydrogens is 404 g/mol. The number of halogens is 3. The minimum Gasteiger partial charge on any atom is -0.322 e. The van der Waals surface area contributed by atoms with E-state index in [4.69, 9.17) is 11.6 Å². The molecule has 21 heavy (non-hydrogen) atoms. The lowest BCUT2D eigenvalue weighted by molar-refractivity contribution is 0.621. The lowest BCUT2D eigenvalue weighted by Crippen LogP contribution is -2.05. The van der Waals surface area contributed by atoms with Crippen LogP contribution in [0, 0.1) is 16.3 Å². The molecule has 0 unspecified atom stereocenters. The largest absolute Gasteiger partial charge is 0.322 e. The van der Waals surface area contributed by atoms with Crippen LogP contribution in [0.3, 0.4) is 0 Å². The van der Waals surface area contributed by atoms with Gasteiger partial charge in [0.25, 0.3) is 0 Å². The molecule has 0 N–H and O–H groups in total. The fourth-order valence-electron chi connectivity index (χ4n) is 2.28. The quantitative estimate of drug-likeness (QED) is 0.472. The molecule has 6 heteroatoms. The molecule has 0 spiro atoms. The minimum atomic E-state index is -0.242. The first kappa shape index (κ1) is 14.7. The Balaban J connectivity index is 2.16. The lowest BCUT2D eigenvalue weighted by Gasteiger charge is -2.10. The Morgan fingerprint density at radius 3 is 2.90 bits per heavy atom. The van der Waals surface area contributed by atoms with Crippen molar-refractivity contribution >= 4 is 45.2 Å². The van der Waals surface area contributed by atoms with Gasteiger partial charge in [-0.2, -0.15) is 0 Å². The number of benzene rings is 1. The van der Waals surface area contributed by atoms with Crippen molar-refractivity contribution in [1.82, 2.24) is 14.5 Å². The average molecular weight is 416 g/mol. The van der Waals surface area contributed by atoms with Crippen molar-refractivity contribution in [3.8, 4) is 0 Å². The number of aryl methyl sites for hydroxylation is 1. The van der Waals surface area contributed by atoms with Gasteiger partial charge in [-0.15, -0.1) is 11.6 Å². The maximum atomic E-state index is 13.9. The third-order valence-electron chi connectivity index (χ3n) is 3.46. The van der Waals surface area contributed by atoms with Gasteiger partial charge >= 0.3 is 0 Å². The van der Waals surface area contributed by atoms with Gasteiger partial charge in [-0.25, -0.2) is 9.37 Å². The molecule has 0 fully saturated rings. The van der Waals surface area contributed by atoms with E-state index in [1.807, 2.05) is 46.3 Å². The number of aromatic nitrogens is 3. The molecule has 0 saturated heterocycles. The third kappa shape index (κ3) is 2.76. The van der Waals surface area contributed by atoms with Crippen molar-refractivity contribution in [1.29, 1.82) is 0 Å². The first-order valence-corrected chi connectivity index (χ1v) is 8.01. The number of imidazole rings is 1. The van der Waals surface area contributed by atoms with Gasteiger partial charge in [0.15, 0.2) is 0 Å². The van der Waals surface area contributed by atoms with Gasteiger partial charge in [0.05, 0.1) is 27.0 Å². The SMILES string of the molecule is Cc1ccncc1Cn1c(CCl)nc2cc(I)c(F)cc21. The van der Waals surface area contributed by atoms with E-state index in [9.17, 15) is 4.39 Å². The molecule has 3 aromatic rings. The summed E-state index contributed by atoms with van der Waals surface area (Å²) < 4.78 is 16.4. The fourth-order valence-corrected chi connectivity index (χ4v) is 2.94. The smallest absolute Gasteiger partial charge is 0.138 e. The molecule has 0 radical (unpaired) electrons. The van der Waals surface area contributed by atoms with Gasteiger partial charge in [0.2, 0.25) is 0 Å². The van der Waals surface area contributed by atoms with Crippen LogP contribution >= 0.6 is 34.2 Å². The van der Waals surface area contributed by atoms with Crippen LogP contribution in [0.2, 0.25) is 0 Å². The summed E-state index contributed by atoms with van der Waals surface area (Å²) in [5.74, 6) is 0.774. The highest BCUT2D eigenvalue weighted by Gasteiger charge is 2.14. The number of hydrogen-bond acceptors (Lipinski definition) is 2. The van der Waals surface area contributed by atoms with Crippen LogP contribution in [0.1, 0.15) is 17.0 Å². The Morgan fingerprint density at radius 1 is 1.38 bits per heavy atom. The van der Waals surface area contributed by atoms with Crippen molar-refractivity contribution in [2.45, 2.75) is 19.3 Å². The Hall–Kier alpha value is -1.21. The van der Waals surface area contributed by atoms with Gasteiger partial charge in [-0.05, 0) is 52.8 Å².